The second-order valence-electron chi connectivity index (χ2n) is 3.68. The highest BCUT2D eigenvalue weighted by Crippen LogP contribution is 2.22. The zero-order valence-corrected chi connectivity index (χ0v) is 9.42. The van der Waals surface area contributed by atoms with Gasteiger partial charge >= 0.3 is 0 Å². The summed E-state index contributed by atoms with van der Waals surface area (Å²) >= 11 is 0. The van der Waals surface area contributed by atoms with Crippen LogP contribution in [0.4, 0.5) is 0 Å². The van der Waals surface area contributed by atoms with Crippen LogP contribution >= 0.6 is 0 Å². The summed E-state index contributed by atoms with van der Waals surface area (Å²) in [5.74, 6) is 0.815. The molecule has 1 unspecified atom stereocenters. The van der Waals surface area contributed by atoms with Crippen molar-refractivity contribution < 1.29 is 4.74 Å². The summed E-state index contributed by atoms with van der Waals surface area (Å²) in [6.07, 6.45) is 3.53. The standard InChI is InChI=1S/C12H15N3O/c1-15-8-14-7-11(15)12(13)9-4-3-5-10(6-9)16-2/h3-8,12H,13H2,1-2H3. The van der Waals surface area contributed by atoms with Crippen LogP contribution in [0.2, 0.25) is 0 Å². The Morgan fingerprint density at radius 3 is 2.88 bits per heavy atom. The topological polar surface area (TPSA) is 53.1 Å². The molecular weight excluding hydrogens is 202 g/mol. The molecule has 16 heavy (non-hydrogen) atoms. The molecule has 2 rings (SSSR count). The van der Waals surface area contributed by atoms with Crippen LogP contribution in [0, 0.1) is 0 Å². The van der Waals surface area contributed by atoms with Gasteiger partial charge in [0.15, 0.2) is 0 Å². The first-order chi connectivity index (χ1) is 7.72. The molecule has 1 heterocycles. The van der Waals surface area contributed by atoms with Crippen LogP contribution in [-0.4, -0.2) is 16.7 Å². The molecule has 1 atom stereocenters. The molecule has 84 valence electrons. The van der Waals surface area contributed by atoms with E-state index in [1.807, 2.05) is 35.9 Å². The molecule has 2 N–H and O–H groups in total. The predicted octanol–water partition coefficient (Wildman–Crippen LogP) is 1.48. The Kier molecular flexibility index (Phi) is 2.92. The molecular formula is C12H15N3O. The van der Waals surface area contributed by atoms with Crippen molar-refractivity contribution in [2.75, 3.05) is 7.11 Å². The average Bonchev–Trinajstić information content (AvgIpc) is 2.74. The Hall–Kier alpha value is -1.81. The Bertz CT molecular complexity index is 479. The van der Waals surface area contributed by atoms with Crippen molar-refractivity contribution in [3.63, 3.8) is 0 Å². The van der Waals surface area contributed by atoms with E-state index in [0.717, 1.165) is 17.0 Å². The summed E-state index contributed by atoms with van der Waals surface area (Å²) in [7, 11) is 3.58. The zero-order chi connectivity index (χ0) is 11.5. The number of benzene rings is 1. The normalized spacial score (nSPS) is 12.4. The Morgan fingerprint density at radius 1 is 1.44 bits per heavy atom. The molecule has 0 saturated carbocycles. The van der Waals surface area contributed by atoms with Gasteiger partial charge < -0.3 is 15.0 Å². The van der Waals surface area contributed by atoms with E-state index in [9.17, 15) is 0 Å². The van der Waals surface area contributed by atoms with Crippen LogP contribution < -0.4 is 10.5 Å². The lowest BCUT2D eigenvalue weighted by atomic mass is 10.0. The smallest absolute Gasteiger partial charge is 0.119 e. The minimum atomic E-state index is -0.178. The first-order valence-corrected chi connectivity index (χ1v) is 5.08. The molecule has 0 fully saturated rings. The molecule has 2 aromatic rings. The number of ether oxygens (including phenoxy) is 1. The molecule has 0 radical (unpaired) electrons. The van der Waals surface area contributed by atoms with Gasteiger partial charge in [-0.2, -0.15) is 0 Å². The Balaban J connectivity index is 2.33. The van der Waals surface area contributed by atoms with Crippen molar-refractivity contribution >= 4 is 0 Å². The van der Waals surface area contributed by atoms with Gasteiger partial charge in [0.2, 0.25) is 0 Å². The minimum Gasteiger partial charge on any atom is -0.497 e. The molecule has 0 bridgehead atoms. The molecule has 4 heteroatoms. The van der Waals surface area contributed by atoms with Crippen molar-refractivity contribution in [2.24, 2.45) is 12.8 Å². The molecule has 1 aromatic carbocycles. The van der Waals surface area contributed by atoms with E-state index >= 15 is 0 Å². The third-order valence-electron chi connectivity index (χ3n) is 2.63. The van der Waals surface area contributed by atoms with Crippen LogP contribution in [0.15, 0.2) is 36.8 Å². The van der Waals surface area contributed by atoms with E-state index in [1.165, 1.54) is 0 Å². The van der Waals surface area contributed by atoms with Crippen molar-refractivity contribution in [1.82, 2.24) is 9.55 Å². The van der Waals surface area contributed by atoms with Crippen molar-refractivity contribution in [2.45, 2.75) is 6.04 Å². The first-order valence-electron chi connectivity index (χ1n) is 5.08. The van der Waals surface area contributed by atoms with Gasteiger partial charge in [-0.3, -0.25) is 0 Å². The number of rotatable bonds is 3. The fourth-order valence-electron chi connectivity index (χ4n) is 1.67. The van der Waals surface area contributed by atoms with Crippen molar-refractivity contribution in [3.05, 3.63) is 48.0 Å². The Morgan fingerprint density at radius 2 is 2.25 bits per heavy atom. The molecule has 0 spiro atoms. The average molecular weight is 217 g/mol. The lowest BCUT2D eigenvalue weighted by Crippen LogP contribution is -2.15. The molecule has 0 aliphatic heterocycles. The predicted molar refractivity (Wildman–Crippen MR) is 62.2 cm³/mol. The Labute approximate surface area is 94.7 Å². The quantitative estimate of drug-likeness (QED) is 0.847. The summed E-state index contributed by atoms with van der Waals surface area (Å²) in [6.45, 7) is 0. The van der Waals surface area contributed by atoms with Gasteiger partial charge in [0.1, 0.15) is 5.75 Å². The summed E-state index contributed by atoms with van der Waals surface area (Å²) in [4.78, 5) is 4.06. The summed E-state index contributed by atoms with van der Waals surface area (Å²) < 4.78 is 7.10. The third kappa shape index (κ3) is 1.92. The van der Waals surface area contributed by atoms with E-state index in [4.69, 9.17) is 10.5 Å². The second kappa shape index (κ2) is 4.37. The van der Waals surface area contributed by atoms with Crippen molar-refractivity contribution in [3.8, 4) is 5.75 Å². The highest BCUT2D eigenvalue weighted by Gasteiger charge is 2.12. The SMILES string of the molecule is COc1cccc(C(N)c2cncn2C)c1. The maximum atomic E-state index is 6.17. The van der Waals surface area contributed by atoms with Crippen molar-refractivity contribution in [1.29, 1.82) is 0 Å². The molecule has 0 aliphatic carbocycles. The second-order valence-corrected chi connectivity index (χ2v) is 3.68. The molecule has 4 nitrogen and oxygen atoms in total. The van der Waals surface area contributed by atoms with Gasteiger partial charge in [0.25, 0.3) is 0 Å². The fourth-order valence-corrected chi connectivity index (χ4v) is 1.67. The van der Waals surface area contributed by atoms with Gasteiger partial charge in [-0.15, -0.1) is 0 Å². The van der Waals surface area contributed by atoms with Gasteiger partial charge in [-0.1, -0.05) is 12.1 Å². The summed E-state index contributed by atoms with van der Waals surface area (Å²) in [5, 5.41) is 0. The maximum absolute atomic E-state index is 6.17. The maximum Gasteiger partial charge on any atom is 0.119 e. The number of aromatic nitrogens is 2. The fraction of sp³-hybridized carbons (Fsp3) is 0.250. The van der Waals surface area contributed by atoms with Crippen LogP contribution in [0.3, 0.4) is 0 Å². The number of methoxy groups -OCH3 is 1. The number of hydrogen-bond acceptors (Lipinski definition) is 3. The van der Waals surface area contributed by atoms with Crippen LogP contribution in [0.25, 0.3) is 0 Å². The summed E-state index contributed by atoms with van der Waals surface area (Å²) in [6, 6.07) is 7.59. The highest BCUT2D eigenvalue weighted by molar-refractivity contribution is 5.34. The van der Waals surface area contributed by atoms with E-state index in [-0.39, 0.29) is 6.04 Å². The number of hydrogen-bond donors (Lipinski definition) is 1. The number of nitrogens with two attached hydrogens (primary N) is 1. The highest BCUT2D eigenvalue weighted by atomic mass is 16.5. The van der Waals surface area contributed by atoms with Gasteiger partial charge in [0.05, 0.1) is 31.4 Å². The summed E-state index contributed by atoms with van der Waals surface area (Å²) in [5.41, 5.74) is 8.17. The molecule has 0 aliphatic rings. The monoisotopic (exact) mass is 217 g/mol. The minimum absolute atomic E-state index is 0.178. The lowest BCUT2D eigenvalue weighted by molar-refractivity contribution is 0.414. The van der Waals surface area contributed by atoms with E-state index < -0.39 is 0 Å². The van der Waals surface area contributed by atoms with Gasteiger partial charge in [-0.05, 0) is 17.7 Å². The molecule has 0 saturated heterocycles. The lowest BCUT2D eigenvalue weighted by Gasteiger charge is -2.13. The molecule has 1 aromatic heterocycles. The number of aryl methyl sites for hydroxylation is 1. The van der Waals surface area contributed by atoms with E-state index in [0.29, 0.717) is 0 Å². The number of imidazole rings is 1. The number of nitrogens with zero attached hydrogens (tertiary/aromatic N) is 2. The van der Waals surface area contributed by atoms with Crippen LogP contribution in [0.5, 0.6) is 5.75 Å². The van der Waals surface area contributed by atoms with Crippen LogP contribution in [0.1, 0.15) is 17.3 Å². The van der Waals surface area contributed by atoms with E-state index in [2.05, 4.69) is 4.98 Å². The zero-order valence-electron chi connectivity index (χ0n) is 9.42. The van der Waals surface area contributed by atoms with E-state index in [1.54, 1.807) is 19.6 Å². The van der Waals surface area contributed by atoms with Gasteiger partial charge in [0, 0.05) is 7.05 Å². The molecule has 0 amide bonds. The first kappa shape index (κ1) is 10.7. The third-order valence-corrected chi connectivity index (χ3v) is 2.63. The largest absolute Gasteiger partial charge is 0.497 e. The van der Waals surface area contributed by atoms with Crippen LogP contribution in [-0.2, 0) is 7.05 Å². The van der Waals surface area contributed by atoms with Gasteiger partial charge in [-0.25, -0.2) is 4.98 Å².